The van der Waals surface area contributed by atoms with Crippen LogP contribution >= 0.6 is 11.8 Å². The maximum atomic E-state index is 10.7. The normalized spacial score (nSPS) is 8.33. The Kier molecular flexibility index (Phi) is 15.1. The van der Waals surface area contributed by atoms with E-state index >= 15 is 0 Å². The highest BCUT2D eigenvalue weighted by molar-refractivity contribution is 7.99. The maximum absolute atomic E-state index is 10.7. The number of hydrogen-bond acceptors (Lipinski definition) is 3. The van der Waals surface area contributed by atoms with Crippen molar-refractivity contribution >= 4 is 23.4 Å². The number of amides is 1. The second kappa shape index (κ2) is 14.1. The van der Waals surface area contributed by atoms with E-state index in [2.05, 4.69) is 5.32 Å². The minimum atomic E-state index is -0.0687. The van der Waals surface area contributed by atoms with Gasteiger partial charge in [0.05, 0.1) is 6.61 Å². The second-order valence-electron chi connectivity index (χ2n) is 2.78. The molecule has 1 aromatic rings. The molecule has 0 saturated carbocycles. The molecule has 2 N–H and O–H groups in total. The summed E-state index contributed by atoms with van der Waals surface area (Å²) in [7, 11) is 0. The lowest BCUT2D eigenvalue weighted by Gasteiger charge is -2.03. The summed E-state index contributed by atoms with van der Waals surface area (Å²) in [4.78, 5) is 11.8. The lowest BCUT2D eigenvalue weighted by Crippen LogP contribution is -2.05. The van der Waals surface area contributed by atoms with Crippen LogP contribution in [0.15, 0.2) is 29.2 Å². The van der Waals surface area contributed by atoms with Gasteiger partial charge in [0.15, 0.2) is 0 Å². The molecule has 0 heterocycles. The fraction of sp³-hybridized carbons (Fsp3) is 0.500. The Morgan fingerprint density at radius 1 is 1.17 bits per heavy atom. The minimum Gasteiger partial charge on any atom is -0.396 e. The average Bonchev–Trinajstić information content (AvgIpc) is 2.42. The molecule has 0 aliphatic heterocycles. The summed E-state index contributed by atoms with van der Waals surface area (Å²) in [6, 6.07) is 7.54. The first kappa shape index (κ1) is 19.3. The monoisotopic (exact) mass is 271 g/mol. The van der Waals surface area contributed by atoms with Crippen LogP contribution in [0.25, 0.3) is 0 Å². The zero-order valence-electron chi connectivity index (χ0n) is 12.0. The van der Waals surface area contributed by atoms with Crippen LogP contribution < -0.4 is 5.32 Å². The van der Waals surface area contributed by atoms with Crippen LogP contribution in [0.4, 0.5) is 5.69 Å². The molecule has 1 rings (SSSR count). The molecule has 0 atom stereocenters. The van der Waals surface area contributed by atoms with Crippen LogP contribution in [-0.4, -0.2) is 23.4 Å². The molecule has 3 nitrogen and oxygen atoms in total. The molecule has 0 aromatic heterocycles. The smallest absolute Gasteiger partial charge is 0.221 e. The van der Waals surface area contributed by atoms with Crippen molar-refractivity contribution in [3.8, 4) is 0 Å². The van der Waals surface area contributed by atoms with Gasteiger partial charge in [-0.3, -0.25) is 4.79 Å². The van der Waals surface area contributed by atoms with Crippen molar-refractivity contribution in [3.63, 3.8) is 0 Å². The van der Waals surface area contributed by atoms with Crippen molar-refractivity contribution in [2.75, 3.05) is 17.7 Å². The number of hydrogen-bond donors (Lipinski definition) is 2. The van der Waals surface area contributed by atoms with E-state index in [1.165, 1.54) is 6.92 Å². The predicted molar refractivity (Wildman–Crippen MR) is 81.3 cm³/mol. The first-order valence-corrected chi connectivity index (χ1v) is 7.32. The van der Waals surface area contributed by atoms with Gasteiger partial charge in [-0.15, -0.1) is 11.8 Å². The molecular formula is C14H25NO2S. The fourth-order valence-corrected chi connectivity index (χ4v) is 1.66. The molecule has 1 amide bonds. The molecule has 18 heavy (non-hydrogen) atoms. The number of carbonyl (C=O) groups is 1. The largest absolute Gasteiger partial charge is 0.396 e. The summed E-state index contributed by atoms with van der Waals surface area (Å²) in [6.45, 7) is 9.66. The highest BCUT2D eigenvalue weighted by Gasteiger charge is 1.96. The quantitative estimate of drug-likeness (QED) is 0.819. The zero-order valence-corrected chi connectivity index (χ0v) is 12.8. The van der Waals surface area contributed by atoms with Gasteiger partial charge in [0.2, 0.25) is 5.91 Å². The van der Waals surface area contributed by atoms with Crippen LogP contribution in [-0.2, 0) is 4.79 Å². The summed E-state index contributed by atoms with van der Waals surface area (Å²) < 4.78 is 0. The van der Waals surface area contributed by atoms with E-state index in [1.807, 2.05) is 52.0 Å². The van der Waals surface area contributed by atoms with Crippen LogP contribution in [0.2, 0.25) is 0 Å². The van der Waals surface area contributed by atoms with Crippen molar-refractivity contribution in [1.29, 1.82) is 0 Å². The van der Waals surface area contributed by atoms with Crippen LogP contribution in [0.1, 0.15) is 34.6 Å². The van der Waals surface area contributed by atoms with Crippen molar-refractivity contribution in [2.45, 2.75) is 39.5 Å². The first-order valence-electron chi connectivity index (χ1n) is 6.33. The third-order valence-corrected chi connectivity index (χ3v) is 2.53. The Morgan fingerprint density at radius 3 is 2.06 bits per heavy atom. The molecule has 0 spiro atoms. The summed E-state index contributed by atoms with van der Waals surface area (Å²) in [6.07, 6.45) is 0. The third kappa shape index (κ3) is 10.2. The number of aliphatic hydroxyl groups is 1. The fourth-order valence-electron chi connectivity index (χ4n) is 1.00. The SMILES string of the molecule is CC.CC.CC(=O)Nc1ccc(SCCO)cc1. The van der Waals surface area contributed by atoms with E-state index in [9.17, 15) is 4.79 Å². The van der Waals surface area contributed by atoms with Gasteiger partial charge in [-0.25, -0.2) is 0 Å². The Balaban J connectivity index is 0. The lowest BCUT2D eigenvalue weighted by atomic mass is 10.3. The van der Waals surface area contributed by atoms with Gasteiger partial charge in [-0.1, -0.05) is 27.7 Å². The molecular weight excluding hydrogens is 246 g/mol. The zero-order chi connectivity index (χ0) is 14.4. The average molecular weight is 271 g/mol. The molecule has 0 saturated heterocycles. The number of rotatable bonds is 4. The van der Waals surface area contributed by atoms with E-state index < -0.39 is 0 Å². The number of nitrogens with one attached hydrogen (secondary N) is 1. The summed E-state index contributed by atoms with van der Waals surface area (Å²) >= 11 is 1.59. The van der Waals surface area contributed by atoms with Gasteiger partial charge in [0.25, 0.3) is 0 Å². The van der Waals surface area contributed by atoms with Gasteiger partial charge < -0.3 is 10.4 Å². The Hall–Kier alpha value is -1.00. The number of carbonyl (C=O) groups excluding carboxylic acids is 1. The summed E-state index contributed by atoms with van der Waals surface area (Å²) in [5, 5.41) is 11.3. The molecule has 104 valence electrons. The molecule has 0 bridgehead atoms. The number of thioether (sulfide) groups is 1. The molecule has 0 unspecified atom stereocenters. The van der Waals surface area contributed by atoms with E-state index in [1.54, 1.807) is 11.8 Å². The van der Waals surface area contributed by atoms with Crippen molar-refractivity contribution in [3.05, 3.63) is 24.3 Å². The van der Waals surface area contributed by atoms with E-state index in [4.69, 9.17) is 5.11 Å². The summed E-state index contributed by atoms with van der Waals surface area (Å²) in [5.74, 6) is 0.625. The molecule has 0 radical (unpaired) electrons. The molecule has 4 heteroatoms. The molecule has 0 aliphatic rings. The van der Waals surface area contributed by atoms with E-state index in [0.717, 1.165) is 10.6 Å². The van der Waals surface area contributed by atoms with Crippen LogP contribution in [0.3, 0.4) is 0 Å². The standard InChI is InChI=1S/C10H13NO2S.2C2H6/c1-8(13)11-9-2-4-10(5-3-9)14-7-6-12;2*1-2/h2-5,12H,6-7H2,1H3,(H,11,13);2*1-2H3. The van der Waals surface area contributed by atoms with Crippen LogP contribution in [0, 0.1) is 0 Å². The van der Waals surface area contributed by atoms with Gasteiger partial charge in [-0.05, 0) is 24.3 Å². The lowest BCUT2D eigenvalue weighted by molar-refractivity contribution is -0.114. The Morgan fingerprint density at radius 2 is 1.67 bits per heavy atom. The van der Waals surface area contributed by atoms with Gasteiger partial charge >= 0.3 is 0 Å². The van der Waals surface area contributed by atoms with Crippen LogP contribution in [0.5, 0.6) is 0 Å². The Labute approximate surface area is 115 Å². The highest BCUT2D eigenvalue weighted by Crippen LogP contribution is 2.19. The van der Waals surface area contributed by atoms with E-state index in [-0.39, 0.29) is 12.5 Å². The minimum absolute atomic E-state index is 0.0687. The number of benzene rings is 1. The topological polar surface area (TPSA) is 49.3 Å². The molecule has 1 aromatic carbocycles. The highest BCUT2D eigenvalue weighted by atomic mass is 32.2. The number of aliphatic hydroxyl groups excluding tert-OH is 1. The maximum Gasteiger partial charge on any atom is 0.221 e. The van der Waals surface area contributed by atoms with Gasteiger partial charge in [-0.2, -0.15) is 0 Å². The Bertz CT molecular complexity index is 299. The third-order valence-electron chi connectivity index (χ3n) is 1.53. The first-order chi connectivity index (χ1) is 8.72. The predicted octanol–water partition coefficient (Wildman–Crippen LogP) is 3.78. The van der Waals surface area contributed by atoms with Gasteiger partial charge in [0.1, 0.15) is 0 Å². The van der Waals surface area contributed by atoms with Crippen molar-refractivity contribution < 1.29 is 9.90 Å². The summed E-state index contributed by atoms with van der Waals surface area (Å²) in [5.41, 5.74) is 0.797. The van der Waals surface area contributed by atoms with E-state index in [0.29, 0.717) is 5.75 Å². The molecule has 0 fully saturated rings. The second-order valence-corrected chi connectivity index (χ2v) is 3.95. The number of anilines is 1. The molecule has 0 aliphatic carbocycles. The van der Waals surface area contributed by atoms with Gasteiger partial charge in [0, 0.05) is 23.3 Å². The van der Waals surface area contributed by atoms with Crippen molar-refractivity contribution in [1.82, 2.24) is 0 Å². The van der Waals surface area contributed by atoms with Crippen molar-refractivity contribution in [2.24, 2.45) is 0 Å².